The Morgan fingerprint density at radius 1 is 1.11 bits per heavy atom. The molecule has 1 heterocycles. The van der Waals surface area contributed by atoms with Gasteiger partial charge in [0.2, 0.25) is 0 Å². The molecule has 0 unspecified atom stereocenters. The number of likely N-dealkylation sites (N-methyl/N-ethyl adjacent to an activating group) is 1. The molecule has 1 aliphatic rings. The summed E-state index contributed by atoms with van der Waals surface area (Å²) in [5, 5.41) is 18.2. The third-order valence-corrected chi connectivity index (χ3v) is 6.17. The van der Waals surface area contributed by atoms with Gasteiger partial charge in [0.1, 0.15) is 11.9 Å². The molecule has 2 aromatic rings. The van der Waals surface area contributed by atoms with E-state index in [4.69, 9.17) is 4.74 Å². The number of carbonyl (C=O) groups is 3. The van der Waals surface area contributed by atoms with E-state index in [2.05, 4.69) is 16.0 Å². The molecule has 1 aliphatic heterocycles. The molecular weight excluding hydrogens is 474 g/mol. The molecule has 37 heavy (non-hydrogen) atoms. The van der Waals surface area contributed by atoms with Gasteiger partial charge in [0.15, 0.2) is 0 Å². The zero-order valence-corrected chi connectivity index (χ0v) is 22.0. The summed E-state index contributed by atoms with van der Waals surface area (Å²) in [5.41, 5.74) is 1.32. The number of aliphatic hydroxyl groups is 1. The summed E-state index contributed by atoms with van der Waals surface area (Å²) in [6, 6.07) is 12.8. The van der Waals surface area contributed by atoms with Crippen LogP contribution in [0.25, 0.3) is 0 Å². The van der Waals surface area contributed by atoms with Gasteiger partial charge in [-0.15, -0.1) is 0 Å². The fourth-order valence-corrected chi connectivity index (χ4v) is 4.04. The molecule has 0 fully saturated rings. The Balaban J connectivity index is 1.87. The lowest BCUT2D eigenvalue weighted by atomic mass is 9.99. The van der Waals surface area contributed by atoms with Crippen LogP contribution in [-0.2, 0) is 0 Å². The number of anilines is 2. The minimum atomic E-state index is -0.449. The lowest BCUT2D eigenvalue weighted by molar-refractivity contribution is 0.0366. The van der Waals surface area contributed by atoms with Gasteiger partial charge < -0.3 is 35.6 Å². The van der Waals surface area contributed by atoms with E-state index in [1.54, 1.807) is 54.1 Å². The molecule has 0 aliphatic carbocycles. The van der Waals surface area contributed by atoms with Gasteiger partial charge in [0, 0.05) is 36.9 Å². The first-order chi connectivity index (χ1) is 17.6. The topological polar surface area (TPSA) is 123 Å². The smallest absolute Gasteiger partial charge is 0.323 e. The first-order valence-electron chi connectivity index (χ1n) is 12.5. The average Bonchev–Trinajstić information content (AvgIpc) is 2.86. The predicted octanol–water partition coefficient (Wildman–Crippen LogP) is 3.60. The summed E-state index contributed by atoms with van der Waals surface area (Å²) < 4.78 is 6.30. The minimum Gasteiger partial charge on any atom is -0.487 e. The van der Waals surface area contributed by atoms with Gasteiger partial charge in [-0.2, -0.15) is 0 Å². The van der Waals surface area contributed by atoms with Crippen molar-refractivity contribution in [2.75, 3.05) is 37.4 Å². The summed E-state index contributed by atoms with van der Waals surface area (Å²) in [5.74, 6) is -0.0851. The number of nitrogens with zero attached hydrogens (tertiary/aromatic N) is 2. The maximum atomic E-state index is 13.6. The number of ether oxygens (including phenoxy) is 1. The first kappa shape index (κ1) is 27.8. The number of fused-ring (bicyclic) bond motifs is 1. The second-order valence-electron chi connectivity index (χ2n) is 9.76. The molecule has 0 saturated heterocycles. The molecule has 10 heteroatoms. The molecule has 3 atom stereocenters. The Morgan fingerprint density at radius 3 is 2.43 bits per heavy atom. The van der Waals surface area contributed by atoms with Crippen LogP contribution in [0.5, 0.6) is 5.75 Å². The molecule has 3 rings (SSSR count). The number of nitrogens with one attached hydrogen (secondary N) is 3. The van der Waals surface area contributed by atoms with Gasteiger partial charge in [-0.05, 0) is 51.1 Å². The molecule has 4 N–H and O–H groups in total. The Bertz CT molecular complexity index is 1090. The number of para-hydroxylation sites is 1. The van der Waals surface area contributed by atoms with E-state index in [1.165, 1.54) is 0 Å². The zero-order chi connectivity index (χ0) is 27.1. The summed E-state index contributed by atoms with van der Waals surface area (Å²) >= 11 is 0. The molecule has 10 nitrogen and oxygen atoms in total. The Kier molecular flexibility index (Phi) is 9.35. The first-order valence-corrected chi connectivity index (χ1v) is 12.5. The normalized spacial score (nSPS) is 18.1. The minimum absolute atomic E-state index is 0.00474. The second-order valence-corrected chi connectivity index (χ2v) is 9.76. The van der Waals surface area contributed by atoms with Crippen molar-refractivity contribution in [1.29, 1.82) is 0 Å². The van der Waals surface area contributed by atoms with Crippen LogP contribution in [0, 0.1) is 5.92 Å². The molecular formula is C27H37N5O5. The van der Waals surface area contributed by atoms with Crippen molar-refractivity contribution in [2.45, 2.75) is 45.9 Å². The van der Waals surface area contributed by atoms with E-state index in [0.717, 1.165) is 0 Å². The second kappa shape index (κ2) is 12.4. The Hall–Kier alpha value is -3.79. The van der Waals surface area contributed by atoms with Crippen LogP contribution in [0.2, 0.25) is 0 Å². The van der Waals surface area contributed by atoms with Crippen LogP contribution in [0.1, 0.15) is 38.1 Å². The summed E-state index contributed by atoms with van der Waals surface area (Å²) in [4.78, 5) is 41.7. The zero-order valence-electron chi connectivity index (χ0n) is 22.0. The summed E-state index contributed by atoms with van der Waals surface area (Å²) in [7, 11) is 1.70. The van der Waals surface area contributed by atoms with Crippen molar-refractivity contribution in [3.63, 3.8) is 0 Å². The fraction of sp³-hybridized carbons (Fsp3) is 0.444. The fourth-order valence-electron chi connectivity index (χ4n) is 4.04. The van der Waals surface area contributed by atoms with Crippen molar-refractivity contribution in [2.24, 2.45) is 5.92 Å². The number of hydrogen-bond donors (Lipinski definition) is 4. The lowest BCUT2D eigenvalue weighted by Crippen LogP contribution is -2.51. The number of rotatable bonds is 7. The maximum Gasteiger partial charge on any atom is 0.323 e. The average molecular weight is 512 g/mol. The van der Waals surface area contributed by atoms with Gasteiger partial charge in [-0.3, -0.25) is 4.79 Å². The van der Waals surface area contributed by atoms with Crippen molar-refractivity contribution in [3.05, 3.63) is 54.1 Å². The van der Waals surface area contributed by atoms with Crippen molar-refractivity contribution in [3.8, 4) is 5.75 Å². The van der Waals surface area contributed by atoms with Gasteiger partial charge in [-0.1, -0.05) is 25.1 Å². The van der Waals surface area contributed by atoms with E-state index in [9.17, 15) is 19.5 Å². The number of benzene rings is 2. The van der Waals surface area contributed by atoms with Crippen LogP contribution in [0.4, 0.5) is 21.0 Å². The van der Waals surface area contributed by atoms with Crippen LogP contribution in [-0.4, -0.2) is 77.8 Å². The Morgan fingerprint density at radius 2 is 1.78 bits per heavy atom. The molecule has 0 spiro atoms. The van der Waals surface area contributed by atoms with Crippen molar-refractivity contribution < 1.29 is 24.2 Å². The summed E-state index contributed by atoms with van der Waals surface area (Å²) in [6.45, 7) is 7.94. The largest absolute Gasteiger partial charge is 0.487 e. The molecule has 0 bridgehead atoms. The third kappa shape index (κ3) is 7.36. The van der Waals surface area contributed by atoms with Crippen LogP contribution >= 0.6 is 0 Å². The molecule has 2 aromatic carbocycles. The number of carbonyl (C=O) groups excluding carboxylic acids is 3. The van der Waals surface area contributed by atoms with Gasteiger partial charge in [0.25, 0.3) is 5.91 Å². The number of urea groups is 2. The van der Waals surface area contributed by atoms with E-state index < -0.39 is 18.2 Å². The number of amides is 5. The van der Waals surface area contributed by atoms with Crippen molar-refractivity contribution in [1.82, 2.24) is 15.1 Å². The van der Waals surface area contributed by atoms with E-state index in [0.29, 0.717) is 30.2 Å². The molecule has 5 amide bonds. The van der Waals surface area contributed by atoms with Gasteiger partial charge in [0.05, 0.1) is 24.8 Å². The molecule has 0 aromatic heterocycles. The number of hydrogen-bond acceptors (Lipinski definition) is 5. The highest BCUT2D eigenvalue weighted by Gasteiger charge is 2.34. The van der Waals surface area contributed by atoms with Crippen LogP contribution < -0.4 is 20.7 Å². The standard InChI is InChI=1S/C27H37N5O5/c1-17(2)28-27(36)31(5)15-24-18(3)14-32(19(4)16-33)25(34)22-13-21(11-12-23(22)37-24)30-26(35)29-20-9-7-6-8-10-20/h6-13,17-19,24,33H,14-16H2,1-5H3,(H,28,36)(H2,29,30,35)/t18-,19+,24-/m0/s1. The quantitative estimate of drug-likeness (QED) is 0.452. The van der Waals surface area contributed by atoms with E-state index in [-0.39, 0.29) is 36.1 Å². The predicted molar refractivity (Wildman–Crippen MR) is 143 cm³/mol. The highest BCUT2D eigenvalue weighted by atomic mass is 16.5. The van der Waals surface area contributed by atoms with Crippen molar-refractivity contribution >= 4 is 29.3 Å². The van der Waals surface area contributed by atoms with E-state index >= 15 is 0 Å². The van der Waals surface area contributed by atoms with Gasteiger partial charge >= 0.3 is 12.1 Å². The highest BCUT2D eigenvalue weighted by molar-refractivity contribution is 6.02. The van der Waals surface area contributed by atoms with Gasteiger partial charge in [-0.25, -0.2) is 9.59 Å². The molecule has 200 valence electrons. The molecule has 0 saturated carbocycles. The Labute approximate surface area is 218 Å². The summed E-state index contributed by atoms with van der Waals surface area (Å²) in [6.07, 6.45) is -0.414. The highest BCUT2D eigenvalue weighted by Crippen LogP contribution is 2.30. The van der Waals surface area contributed by atoms with Crippen LogP contribution in [0.15, 0.2) is 48.5 Å². The van der Waals surface area contributed by atoms with Crippen LogP contribution in [0.3, 0.4) is 0 Å². The maximum absolute atomic E-state index is 13.6. The number of aliphatic hydroxyl groups excluding tert-OH is 1. The third-order valence-electron chi connectivity index (χ3n) is 6.17. The monoisotopic (exact) mass is 511 g/mol. The van der Waals surface area contributed by atoms with E-state index in [1.807, 2.05) is 39.0 Å². The molecule has 0 radical (unpaired) electrons. The lowest BCUT2D eigenvalue weighted by Gasteiger charge is -2.38. The SMILES string of the molecule is CC(C)NC(=O)N(C)C[C@@H]1Oc2ccc(NC(=O)Nc3ccccc3)cc2C(=O)N([C@H](C)CO)C[C@@H]1C.